The molecule has 150 valence electrons. The molecular formula is C22H23N3O4. The molecule has 0 heterocycles. The lowest BCUT2D eigenvalue weighted by atomic mass is 10.1. The summed E-state index contributed by atoms with van der Waals surface area (Å²) >= 11 is 0. The Kier molecular flexibility index (Phi) is 8.27. The van der Waals surface area contributed by atoms with Gasteiger partial charge in [-0.3, -0.25) is 4.79 Å². The summed E-state index contributed by atoms with van der Waals surface area (Å²) in [4.78, 5) is 23.7. The Balaban J connectivity index is 1.81. The zero-order chi connectivity index (χ0) is 21.1. The number of carbonyl (C=O) groups is 2. The van der Waals surface area contributed by atoms with Crippen LogP contribution in [0.3, 0.4) is 0 Å². The van der Waals surface area contributed by atoms with Crippen LogP contribution in [0.2, 0.25) is 0 Å². The second kappa shape index (κ2) is 11.1. The van der Waals surface area contributed by atoms with Gasteiger partial charge in [-0.15, -0.1) is 0 Å². The van der Waals surface area contributed by atoms with Crippen LogP contribution in [0.5, 0.6) is 5.75 Å². The largest absolute Gasteiger partial charge is 0.508 e. The van der Waals surface area contributed by atoms with Crippen molar-refractivity contribution in [1.82, 2.24) is 10.6 Å². The molecule has 7 heteroatoms. The molecule has 2 aromatic rings. The maximum atomic E-state index is 12.1. The van der Waals surface area contributed by atoms with Gasteiger partial charge in [0.25, 0.3) is 5.91 Å². The van der Waals surface area contributed by atoms with Crippen LogP contribution in [0.25, 0.3) is 0 Å². The van der Waals surface area contributed by atoms with E-state index in [1.807, 2.05) is 6.07 Å². The molecule has 0 saturated carbocycles. The number of nitrogens with one attached hydrogen (secondary N) is 2. The highest BCUT2D eigenvalue weighted by atomic mass is 16.5. The molecule has 7 nitrogen and oxygen atoms in total. The topological polar surface area (TPSA) is 111 Å². The zero-order valence-electron chi connectivity index (χ0n) is 16.1. The quantitative estimate of drug-likeness (QED) is 0.343. The van der Waals surface area contributed by atoms with Gasteiger partial charge in [-0.25, -0.2) is 4.79 Å². The predicted molar refractivity (Wildman–Crippen MR) is 108 cm³/mol. The van der Waals surface area contributed by atoms with Crippen LogP contribution in [0.15, 0.2) is 60.3 Å². The lowest BCUT2D eigenvalue weighted by Gasteiger charge is -2.06. The highest BCUT2D eigenvalue weighted by molar-refractivity contribution is 5.97. The number of ether oxygens (including phenoxy) is 1. The number of esters is 1. The van der Waals surface area contributed by atoms with Gasteiger partial charge in [0.05, 0.1) is 12.2 Å². The van der Waals surface area contributed by atoms with Crippen LogP contribution in [-0.4, -0.2) is 30.1 Å². The first-order chi connectivity index (χ1) is 14.0. The first-order valence-corrected chi connectivity index (χ1v) is 9.19. The van der Waals surface area contributed by atoms with Crippen LogP contribution >= 0.6 is 0 Å². The summed E-state index contributed by atoms with van der Waals surface area (Å²) in [7, 11) is 0. The molecular weight excluding hydrogens is 370 g/mol. The fourth-order valence-corrected chi connectivity index (χ4v) is 2.47. The number of carbonyl (C=O) groups excluding carboxylic acids is 2. The molecule has 0 bridgehead atoms. The van der Waals surface area contributed by atoms with Crippen molar-refractivity contribution in [3.63, 3.8) is 0 Å². The molecule has 2 aromatic carbocycles. The third-order valence-corrected chi connectivity index (χ3v) is 4.02. The minimum absolute atomic E-state index is 0.0288. The van der Waals surface area contributed by atoms with E-state index in [4.69, 9.17) is 4.74 Å². The number of hydrogen-bond donors (Lipinski definition) is 3. The lowest BCUT2D eigenvalue weighted by molar-refractivity contribution is -0.117. The molecule has 0 aliphatic heterocycles. The van der Waals surface area contributed by atoms with E-state index < -0.39 is 5.91 Å². The Morgan fingerprint density at radius 3 is 2.38 bits per heavy atom. The van der Waals surface area contributed by atoms with Crippen LogP contribution in [0.1, 0.15) is 28.4 Å². The van der Waals surface area contributed by atoms with Gasteiger partial charge in [-0.2, -0.15) is 5.26 Å². The molecule has 2 rings (SSSR count). The first kappa shape index (κ1) is 21.5. The number of nitrogens with zero attached hydrogens (tertiary/aromatic N) is 1. The molecule has 0 unspecified atom stereocenters. The van der Waals surface area contributed by atoms with E-state index in [0.717, 1.165) is 11.1 Å². The van der Waals surface area contributed by atoms with E-state index in [1.165, 1.54) is 6.20 Å². The number of phenols is 1. The zero-order valence-corrected chi connectivity index (χ0v) is 16.1. The number of aromatic hydroxyl groups is 1. The minimum atomic E-state index is -0.462. The van der Waals surface area contributed by atoms with E-state index >= 15 is 0 Å². The standard InChI is InChI=1S/C22H23N3O4/c1-2-29-22(28)18-7-3-17(4-8-18)14-24-15-19(13-23)21(27)25-12-11-16-5-9-20(26)10-6-16/h3-10,15,24,26H,2,11-12,14H2,1H3,(H,25,27)/b19-15-. The third kappa shape index (κ3) is 7.03. The molecule has 0 spiro atoms. The van der Waals surface area contributed by atoms with Crippen LogP contribution < -0.4 is 10.6 Å². The second-order valence-corrected chi connectivity index (χ2v) is 6.14. The lowest BCUT2D eigenvalue weighted by Crippen LogP contribution is -2.27. The Labute approximate surface area is 169 Å². The number of nitriles is 1. The average Bonchev–Trinajstić information content (AvgIpc) is 2.73. The summed E-state index contributed by atoms with van der Waals surface area (Å²) in [5.41, 5.74) is 2.30. The van der Waals surface area contributed by atoms with E-state index in [0.29, 0.717) is 31.7 Å². The molecule has 0 aliphatic rings. The molecule has 1 amide bonds. The van der Waals surface area contributed by atoms with Crippen molar-refractivity contribution in [3.05, 3.63) is 77.0 Å². The average molecular weight is 393 g/mol. The maximum absolute atomic E-state index is 12.1. The van der Waals surface area contributed by atoms with E-state index in [9.17, 15) is 20.0 Å². The number of amides is 1. The molecule has 0 aromatic heterocycles. The molecule has 29 heavy (non-hydrogen) atoms. The van der Waals surface area contributed by atoms with Crippen molar-refractivity contribution < 1.29 is 19.4 Å². The predicted octanol–water partition coefficient (Wildman–Crippen LogP) is 2.42. The third-order valence-electron chi connectivity index (χ3n) is 4.02. The van der Waals surface area contributed by atoms with E-state index in [2.05, 4.69) is 10.6 Å². The monoisotopic (exact) mass is 393 g/mol. The number of phenolic OH excluding ortho intramolecular Hbond substituents is 1. The summed E-state index contributed by atoms with van der Waals surface area (Å²) in [5, 5.41) is 24.1. The van der Waals surface area contributed by atoms with Gasteiger partial charge in [0, 0.05) is 19.3 Å². The summed E-state index contributed by atoms with van der Waals surface area (Å²) < 4.78 is 4.93. The number of benzene rings is 2. The van der Waals surface area contributed by atoms with Crippen molar-refractivity contribution in [2.45, 2.75) is 19.9 Å². The number of hydrogen-bond acceptors (Lipinski definition) is 6. The highest BCUT2D eigenvalue weighted by Gasteiger charge is 2.08. The summed E-state index contributed by atoms with van der Waals surface area (Å²) in [5.74, 6) is -0.645. The van der Waals surface area contributed by atoms with Gasteiger partial charge in [-0.05, 0) is 48.7 Å². The Morgan fingerprint density at radius 2 is 1.76 bits per heavy atom. The van der Waals surface area contributed by atoms with Crippen molar-refractivity contribution in [1.29, 1.82) is 5.26 Å². The molecule has 0 aliphatic carbocycles. The van der Waals surface area contributed by atoms with Gasteiger partial charge in [0.1, 0.15) is 17.4 Å². The van der Waals surface area contributed by atoms with Crippen molar-refractivity contribution in [2.24, 2.45) is 0 Å². The van der Waals surface area contributed by atoms with Crippen LogP contribution in [-0.2, 0) is 22.5 Å². The molecule has 0 atom stereocenters. The van der Waals surface area contributed by atoms with Gasteiger partial charge in [0.2, 0.25) is 0 Å². The Morgan fingerprint density at radius 1 is 1.10 bits per heavy atom. The molecule has 0 fully saturated rings. The van der Waals surface area contributed by atoms with Crippen LogP contribution in [0.4, 0.5) is 0 Å². The van der Waals surface area contributed by atoms with E-state index in [-0.39, 0.29) is 17.3 Å². The summed E-state index contributed by atoms with van der Waals surface area (Å²) in [6.45, 7) is 2.84. The number of rotatable bonds is 9. The van der Waals surface area contributed by atoms with Crippen LogP contribution in [0, 0.1) is 11.3 Å². The second-order valence-electron chi connectivity index (χ2n) is 6.14. The molecule has 0 saturated heterocycles. The Bertz CT molecular complexity index is 897. The van der Waals surface area contributed by atoms with Crippen molar-refractivity contribution in [3.8, 4) is 11.8 Å². The van der Waals surface area contributed by atoms with E-state index in [1.54, 1.807) is 55.5 Å². The Hall–Kier alpha value is -3.79. The minimum Gasteiger partial charge on any atom is -0.508 e. The summed E-state index contributed by atoms with van der Waals surface area (Å²) in [6, 6.07) is 15.5. The smallest absolute Gasteiger partial charge is 0.338 e. The SMILES string of the molecule is CCOC(=O)c1ccc(CN/C=C(/C#N)C(=O)NCCc2ccc(O)cc2)cc1. The summed E-state index contributed by atoms with van der Waals surface area (Å²) in [6.07, 6.45) is 1.96. The maximum Gasteiger partial charge on any atom is 0.338 e. The highest BCUT2D eigenvalue weighted by Crippen LogP contribution is 2.10. The fourth-order valence-electron chi connectivity index (χ4n) is 2.47. The normalized spacial score (nSPS) is 10.7. The van der Waals surface area contributed by atoms with Crippen molar-refractivity contribution in [2.75, 3.05) is 13.2 Å². The molecule has 3 N–H and O–H groups in total. The first-order valence-electron chi connectivity index (χ1n) is 9.19. The molecule has 0 radical (unpaired) electrons. The van der Waals surface area contributed by atoms with Gasteiger partial charge in [0.15, 0.2) is 0 Å². The van der Waals surface area contributed by atoms with Gasteiger partial charge < -0.3 is 20.5 Å². The fraction of sp³-hybridized carbons (Fsp3) is 0.227. The van der Waals surface area contributed by atoms with Gasteiger partial charge >= 0.3 is 5.97 Å². The van der Waals surface area contributed by atoms with Gasteiger partial charge in [-0.1, -0.05) is 24.3 Å². The van der Waals surface area contributed by atoms with Crippen molar-refractivity contribution >= 4 is 11.9 Å².